The second kappa shape index (κ2) is 6.26. The van der Waals surface area contributed by atoms with Crippen LogP contribution in [0.5, 0.6) is 0 Å². The molecular weight excluding hydrogens is 312 g/mol. The van der Waals surface area contributed by atoms with Crippen LogP contribution >= 0.6 is 0 Å². The van der Waals surface area contributed by atoms with Crippen molar-refractivity contribution in [2.24, 2.45) is 0 Å². The molecule has 24 heavy (non-hydrogen) atoms. The van der Waals surface area contributed by atoms with Gasteiger partial charge in [0, 0.05) is 26.8 Å². The van der Waals surface area contributed by atoms with Gasteiger partial charge in [-0.15, -0.1) is 0 Å². The Hall–Kier alpha value is -2.97. The second-order valence-corrected chi connectivity index (χ2v) is 5.84. The van der Waals surface area contributed by atoms with Crippen LogP contribution in [0.15, 0.2) is 28.2 Å². The minimum Gasteiger partial charge on any atom is -0.361 e. The smallest absolute Gasteiger partial charge is 0.325 e. The van der Waals surface area contributed by atoms with E-state index in [1.54, 1.807) is 17.3 Å². The van der Waals surface area contributed by atoms with Gasteiger partial charge >= 0.3 is 5.69 Å². The van der Waals surface area contributed by atoms with Gasteiger partial charge in [0.2, 0.25) is 0 Å². The van der Waals surface area contributed by atoms with Crippen molar-refractivity contribution in [3.8, 4) is 0 Å². The van der Waals surface area contributed by atoms with E-state index in [9.17, 15) is 14.4 Å². The van der Waals surface area contributed by atoms with E-state index in [1.807, 2.05) is 19.0 Å². The highest BCUT2D eigenvalue weighted by Gasteiger charge is 2.33. The number of hydrogen-bond donors (Lipinski definition) is 2. The first kappa shape index (κ1) is 15.9. The zero-order valence-electron chi connectivity index (χ0n) is 13.4. The van der Waals surface area contributed by atoms with Crippen LogP contribution < -0.4 is 16.1 Å². The van der Waals surface area contributed by atoms with Gasteiger partial charge in [0.25, 0.3) is 11.5 Å². The molecule has 1 aliphatic heterocycles. The minimum absolute atomic E-state index is 0.0850. The Morgan fingerprint density at radius 3 is 2.83 bits per heavy atom. The summed E-state index contributed by atoms with van der Waals surface area (Å²) in [5.41, 5.74) is -0.729. The zero-order valence-corrected chi connectivity index (χ0v) is 13.4. The number of carbonyl (C=O) groups is 1. The molecule has 9 nitrogen and oxygen atoms in total. The fourth-order valence-corrected chi connectivity index (χ4v) is 2.79. The molecule has 1 aliphatic rings. The van der Waals surface area contributed by atoms with Crippen LogP contribution in [0.3, 0.4) is 0 Å². The molecule has 0 unspecified atom stereocenters. The topological polar surface area (TPSA) is 115 Å². The molecule has 0 bridgehead atoms. The maximum atomic E-state index is 12.7. The molecule has 0 aromatic carbocycles. The number of carbonyl (C=O) groups excluding carboxylic acids is 1. The molecule has 2 aromatic heterocycles. The van der Waals surface area contributed by atoms with E-state index in [0.717, 1.165) is 19.0 Å². The van der Waals surface area contributed by atoms with Gasteiger partial charge in [-0.2, -0.15) is 0 Å². The Balaban J connectivity index is 1.93. The molecule has 2 aromatic rings. The van der Waals surface area contributed by atoms with Gasteiger partial charge in [0.05, 0.1) is 24.1 Å². The van der Waals surface area contributed by atoms with Crippen molar-refractivity contribution in [1.82, 2.24) is 24.8 Å². The summed E-state index contributed by atoms with van der Waals surface area (Å²) in [6.07, 6.45) is 6.00. The molecule has 1 saturated heterocycles. The molecule has 0 radical (unpaired) electrons. The van der Waals surface area contributed by atoms with Crippen molar-refractivity contribution in [2.75, 3.05) is 25.5 Å². The summed E-state index contributed by atoms with van der Waals surface area (Å²) >= 11 is 0. The molecule has 1 amide bonds. The van der Waals surface area contributed by atoms with Crippen molar-refractivity contribution in [3.05, 3.63) is 50.7 Å². The first-order chi connectivity index (χ1) is 11.5. The van der Waals surface area contributed by atoms with Crippen LogP contribution in [0.25, 0.3) is 0 Å². The maximum Gasteiger partial charge on any atom is 0.325 e. The van der Waals surface area contributed by atoms with Crippen LogP contribution in [0, 0.1) is 0 Å². The molecular formula is C15H18N6O3. The first-order valence-electron chi connectivity index (χ1n) is 7.59. The normalized spacial score (nSPS) is 17.1. The number of hydrogen-bond acceptors (Lipinski definition) is 6. The van der Waals surface area contributed by atoms with Crippen molar-refractivity contribution in [2.45, 2.75) is 18.9 Å². The van der Waals surface area contributed by atoms with Crippen LogP contribution in [0.1, 0.15) is 34.9 Å². The van der Waals surface area contributed by atoms with Crippen molar-refractivity contribution >= 4 is 11.7 Å². The van der Waals surface area contributed by atoms with E-state index in [0.29, 0.717) is 18.1 Å². The SMILES string of the molecule is CN(C)c1cncc([C@@H]2CCCN2C(=O)c2c[nH]c(=O)[nH]c2=O)n1. The molecule has 126 valence electrons. The number of aromatic amines is 2. The predicted molar refractivity (Wildman–Crippen MR) is 87.1 cm³/mol. The van der Waals surface area contributed by atoms with Gasteiger partial charge in [-0.3, -0.25) is 19.6 Å². The van der Waals surface area contributed by atoms with E-state index in [2.05, 4.69) is 19.9 Å². The van der Waals surface area contributed by atoms with E-state index in [4.69, 9.17) is 0 Å². The Morgan fingerprint density at radius 2 is 2.12 bits per heavy atom. The third-order valence-electron chi connectivity index (χ3n) is 4.00. The fraction of sp³-hybridized carbons (Fsp3) is 0.400. The molecule has 2 N–H and O–H groups in total. The van der Waals surface area contributed by atoms with Crippen molar-refractivity contribution in [3.63, 3.8) is 0 Å². The van der Waals surface area contributed by atoms with Gasteiger partial charge in [-0.05, 0) is 12.8 Å². The van der Waals surface area contributed by atoms with E-state index in [1.165, 1.54) is 0 Å². The van der Waals surface area contributed by atoms with Gasteiger partial charge in [-0.25, -0.2) is 9.78 Å². The summed E-state index contributed by atoms with van der Waals surface area (Å²) in [4.78, 5) is 52.3. The number of rotatable bonds is 3. The van der Waals surface area contributed by atoms with Crippen molar-refractivity contribution in [1.29, 1.82) is 0 Å². The summed E-state index contributed by atoms with van der Waals surface area (Å²) < 4.78 is 0. The Bertz CT molecular complexity index is 872. The number of likely N-dealkylation sites (tertiary alicyclic amines) is 1. The lowest BCUT2D eigenvalue weighted by Gasteiger charge is -2.24. The van der Waals surface area contributed by atoms with Gasteiger partial charge in [0.1, 0.15) is 11.4 Å². The molecule has 1 atom stereocenters. The highest BCUT2D eigenvalue weighted by molar-refractivity contribution is 5.94. The van der Waals surface area contributed by atoms with Crippen LogP contribution in [-0.2, 0) is 0 Å². The molecule has 3 heterocycles. The lowest BCUT2D eigenvalue weighted by atomic mass is 10.1. The molecule has 0 aliphatic carbocycles. The lowest BCUT2D eigenvalue weighted by Crippen LogP contribution is -2.37. The highest BCUT2D eigenvalue weighted by atomic mass is 16.2. The Morgan fingerprint density at radius 1 is 1.33 bits per heavy atom. The van der Waals surface area contributed by atoms with Gasteiger partial charge in [0.15, 0.2) is 0 Å². The van der Waals surface area contributed by atoms with Crippen molar-refractivity contribution < 1.29 is 4.79 Å². The second-order valence-electron chi connectivity index (χ2n) is 5.84. The zero-order chi connectivity index (χ0) is 17.3. The van der Waals surface area contributed by atoms with Gasteiger partial charge in [-0.1, -0.05) is 0 Å². The molecule has 9 heteroatoms. The summed E-state index contributed by atoms with van der Waals surface area (Å²) in [6, 6.07) is -0.240. The predicted octanol–water partition coefficient (Wildman–Crippen LogP) is -0.103. The Labute approximate surface area is 137 Å². The first-order valence-corrected chi connectivity index (χ1v) is 7.59. The third-order valence-corrected chi connectivity index (χ3v) is 4.00. The quantitative estimate of drug-likeness (QED) is 0.812. The summed E-state index contributed by atoms with van der Waals surface area (Å²) in [5, 5.41) is 0. The largest absolute Gasteiger partial charge is 0.361 e. The maximum absolute atomic E-state index is 12.7. The average Bonchev–Trinajstić information content (AvgIpc) is 3.04. The average molecular weight is 330 g/mol. The Kier molecular flexibility index (Phi) is 4.15. The molecule has 0 spiro atoms. The van der Waals surface area contributed by atoms with Crippen LogP contribution in [0.2, 0.25) is 0 Å². The summed E-state index contributed by atoms with van der Waals surface area (Å²) in [7, 11) is 3.73. The van der Waals surface area contributed by atoms with Crippen LogP contribution in [-0.4, -0.2) is 51.4 Å². The fourth-order valence-electron chi connectivity index (χ4n) is 2.79. The third kappa shape index (κ3) is 2.92. The number of nitrogens with zero attached hydrogens (tertiary/aromatic N) is 4. The van der Waals surface area contributed by atoms with E-state index < -0.39 is 17.2 Å². The van der Waals surface area contributed by atoms with E-state index in [-0.39, 0.29) is 11.6 Å². The molecule has 0 saturated carbocycles. The number of H-pyrrole nitrogens is 2. The number of aromatic nitrogens is 4. The number of nitrogens with one attached hydrogen (secondary N) is 2. The molecule has 3 rings (SSSR count). The van der Waals surface area contributed by atoms with E-state index >= 15 is 0 Å². The number of anilines is 1. The molecule has 1 fully saturated rings. The van der Waals surface area contributed by atoms with Gasteiger partial charge < -0.3 is 14.8 Å². The van der Waals surface area contributed by atoms with Crippen LogP contribution in [0.4, 0.5) is 5.82 Å². The highest BCUT2D eigenvalue weighted by Crippen LogP contribution is 2.31. The standard InChI is InChI=1S/C15H18N6O3/c1-20(2)12-8-16-7-10(18-12)11-4-3-5-21(11)14(23)9-6-17-15(24)19-13(9)22/h6-8,11H,3-5H2,1-2H3,(H2,17,19,22,24)/t11-/m0/s1. The monoisotopic (exact) mass is 330 g/mol. The number of amides is 1. The lowest BCUT2D eigenvalue weighted by molar-refractivity contribution is 0.0730. The minimum atomic E-state index is -0.692. The summed E-state index contributed by atoms with van der Waals surface area (Å²) in [6.45, 7) is 0.524. The summed E-state index contributed by atoms with van der Waals surface area (Å²) in [5.74, 6) is 0.278.